The number of para-hydroxylation sites is 1. The van der Waals surface area contributed by atoms with Crippen LogP contribution in [0.15, 0.2) is 24.3 Å². The van der Waals surface area contributed by atoms with Gasteiger partial charge in [0.1, 0.15) is 6.07 Å². The first-order valence-electron chi connectivity index (χ1n) is 6.56. The molecule has 0 spiro atoms. The van der Waals surface area contributed by atoms with Crippen molar-refractivity contribution in [3.05, 3.63) is 29.8 Å². The van der Waals surface area contributed by atoms with Crippen LogP contribution in [0, 0.1) is 11.3 Å². The highest BCUT2D eigenvalue weighted by molar-refractivity contribution is 5.57. The van der Waals surface area contributed by atoms with E-state index in [9.17, 15) is 0 Å². The average Bonchev–Trinajstić information content (AvgIpc) is 2.39. The van der Waals surface area contributed by atoms with Gasteiger partial charge in [0.05, 0.1) is 16.9 Å². The molecule has 96 valence electrons. The van der Waals surface area contributed by atoms with E-state index in [-0.39, 0.29) is 5.60 Å². The second-order valence-corrected chi connectivity index (χ2v) is 5.14. The lowest BCUT2D eigenvalue weighted by atomic mass is 9.89. The summed E-state index contributed by atoms with van der Waals surface area (Å²) in [7, 11) is 0. The van der Waals surface area contributed by atoms with E-state index in [0.29, 0.717) is 11.6 Å². The fourth-order valence-electron chi connectivity index (χ4n) is 2.43. The van der Waals surface area contributed by atoms with E-state index in [1.807, 2.05) is 24.3 Å². The van der Waals surface area contributed by atoms with Crippen LogP contribution in [0.1, 0.15) is 38.7 Å². The average molecular weight is 244 g/mol. The number of nitrogens with one attached hydrogen (secondary N) is 1. The number of nitrogens with zero attached hydrogens (tertiary/aromatic N) is 1. The molecule has 1 aromatic carbocycles. The quantitative estimate of drug-likeness (QED) is 0.887. The van der Waals surface area contributed by atoms with Crippen LogP contribution in [0.4, 0.5) is 5.69 Å². The summed E-state index contributed by atoms with van der Waals surface area (Å²) in [5.74, 6) is 0. The number of benzene rings is 1. The predicted octanol–water partition coefficient (Wildman–Crippen LogP) is 3.32. The van der Waals surface area contributed by atoms with Crippen molar-refractivity contribution in [3.63, 3.8) is 0 Å². The maximum Gasteiger partial charge on any atom is 0.101 e. The fourth-order valence-corrected chi connectivity index (χ4v) is 2.43. The molecule has 1 N–H and O–H groups in total. The second kappa shape index (κ2) is 5.41. The van der Waals surface area contributed by atoms with Crippen LogP contribution in [-0.4, -0.2) is 18.2 Å². The lowest BCUT2D eigenvalue weighted by Crippen LogP contribution is -2.41. The first kappa shape index (κ1) is 12.9. The molecule has 1 fully saturated rings. The van der Waals surface area contributed by atoms with Gasteiger partial charge in [0.25, 0.3) is 0 Å². The van der Waals surface area contributed by atoms with Crippen molar-refractivity contribution in [2.24, 2.45) is 0 Å². The van der Waals surface area contributed by atoms with Crippen molar-refractivity contribution in [3.8, 4) is 6.07 Å². The monoisotopic (exact) mass is 244 g/mol. The van der Waals surface area contributed by atoms with Gasteiger partial charge in [-0.2, -0.15) is 5.26 Å². The van der Waals surface area contributed by atoms with Gasteiger partial charge in [0.2, 0.25) is 0 Å². The number of anilines is 1. The molecule has 18 heavy (non-hydrogen) atoms. The first-order valence-corrected chi connectivity index (χ1v) is 6.56. The molecule has 2 atom stereocenters. The Balaban J connectivity index is 2.08. The zero-order chi connectivity index (χ0) is 13.0. The van der Waals surface area contributed by atoms with Crippen molar-refractivity contribution in [1.29, 1.82) is 5.26 Å². The predicted molar refractivity (Wildman–Crippen MR) is 72.4 cm³/mol. The Morgan fingerprint density at radius 3 is 3.00 bits per heavy atom. The van der Waals surface area contributed by atoms with E-state index in [0.717, 1.165) is 31.6 Å². The Morgan fingerprint density at radius 2 is 2.28 bits per heavy atom. The molecule has 3 heteroatoms. The number of hydrogen-bond donors (Lipinski definition) is 1. The van der Waals surface area contributed by atoms with Crippen LogP contribution < -0.4 is 5.32 Å². The minimum Gasteiger partial charge on any atom is -0.381 e. The summed E-state index contributed by atoms with van der Waals surface area (Å²) in [5, 5.41) is 12.6. The summed E-state index contributed by atoms with van der Waals surface area (Å²) in [5.41, 5.74) is 1.62. The van der Waals surface area contributed by atoms with Gasteiger partial charge in [-0.05, 0) is 38.3 Å². The molecule has 0 aliphatic carbocycles. The standard InChI is InChI=1S/C15H20N2O/c1-3-15(2)10-13(8-9-18-15)17-14-7-5-4-6-12(14)11-16/h4-7,13,17H,3,8-10H2,1-2H3. The molecule has 1 heterocycles. The Hall–Kier alpha value is -1.53. The van der Waals surface area contributed by atoms with Gasteiger partial charge in [-0.15, -0.1) is 0 Å². The maximum absolute atomic E-state index is 9.08. The highest BCUT2D eigenvalue weighted by Gasteiger charge is 2.31. The number of rotatable bonds is 3. The second-order valence-electron chi connectivity index (χ2n) is 5.14. The van der Waals surface area contributed by atoms with Crippen LogP contribution in [0.25, 0.3) is 0 Å². The van der Waals surface area contributed by atoms with Gasteiger partial charge in [0, 0.05) is 12.6 Å². The molecule has 3 nitrogen and oxygen atoms in total. The van der Waals surface area contributed by atoms with Crippen LogP contribution in [0.5, 0.6) is 0 Å². The summed E-state index contributed by atoms with van der Waals surface area (Å²) in [6.45, 7) is 5.11. The molecular formula is C15H20N2O. The van der Waals surface area contributed by atoms with Crippen LogP contribution >= 0.6 is 0 Å². The van der Waals surface area contributed by atoms with Crippen LogP contribution in [-0.2, 0) is 4.74 Å². The van der Waals surface area contributed by atoms with E-state index in [2.05, 4.69) is 25.2 Å². The molecular weight excluding hydrogens is 224 g/mol. The summed E-state index contributed by atoms with van der Waals surface area (Å²) >= 11 is 0. The molecule has 0 radical (unpaired) electrons. The van der Waals surface area contributed by atoms with Gasteiger partial charge < -0.3 is 10.1 Å². The molecule has 1 saturated heterocycles. The summed E-state index contributed by atoms with van der Waals surface area (Å²) < 4.78 is 5.83. The summed E-state index contributed by atoms with van der Waals surface area (Å²) in [4.78, 5) is 0. The maximum atomic E-state index is 9.08. The highest BCUT2D eigenvalue weighted by atomic mass is 16.5. The van der Waals surface area contributed by atoms with Crippen LogP contribution in [0.3, 0.4) is 0 Å². The van der Waals surface area contributed by atoms with E-state index in [1.165, 1.54) is 0 Å². The minimum absolute atomic E-state index is 0.0303. The van der Waals surface area contributed by atoms with Crippen molar-refractivity contribution >= 4 is 5.69 Å². The van der Waals surface area contributed by atoms with Gasteiger partial charge >= 0.3 is 0 Å². The summed E-state index contributed by atoms with van der Waals surface area (Å²) in [6, 6.07) is 10.3. The molecule has 2 unspecified atom stereocenters. The van der Waals surface area contributed by atoms with Crippen molar-refractivity contribution in [2.45, 2.75) is 44.8 Å². The third kappa shape index (κ3) is 2.83. The lowest BCUT2D eigenvalue weighted by Gasteiger charge is -2.38. The van der Waals surface area contributed by atoms with Gasteiger partial charge in [-0.3, -0.25) is 0 Å². The third-order valence-corrected chi connectivity index (χ3v) is 3.75. The molecule has 0 saturated carbocycles. The zero-order valence-corrected chi connectivity index (χ0v) is 11.1. The molecule has 1 aliphatic heterocycles. The zero-order valence-electron chi connectivity index (χ0n) is 11.1. The molecule has 2 rings (SSSR count). The third-order valence-electron chi connectivity index (χ3n) is 3.75. The largest absolute Gasteiger partial charge is 0.381 e. The Kier molecular flexibility index (Phi) is 3.88. The molecule has 0 bridgehead atoms. The number of hydrogen-bond acceptors (Lipinski definition) is 3. The van der Waals surface area contributed by atoms with E-state index in [1.54, 1.807) is 0 Å². The van der Waals surface area contributed by atoms with Gasteiger partial charge in [0.15, 0.2) is 0 Å². The van der Waals surface area contributed by atoms with E-state index >= 15 is 0 Å². The van der Waals surface area contributed by atoms with Crippen molar-refractivity contribution in [2.75, 3.05) is 11.9 Å². The Morgan fingerprint density at radius 1 is 1.50 bits per heavy atom. The van der Waals surface area contributed by atoms with Crippen molar-refractivity contribution < 1.29 is 4.74 Å². The van der Waals surface area contributed by atoms with Crippen LogP contribution in [0.2, 0.25) is 0 Å². The van der Waals surface area contributed by atoms with E-state index < -0.39 is 0 Å². The molecule has 0 amide bonds. The smallest absolute Gasteiger partial charge is 0.101 e. The topological polar surface area (TPSA) is 45.0 Å². The highest BCUT2D eigenvalue weighted by Crippen LogP contribution is 2.30. The Bertz CT molecular complexity index is 452. The number of ether oxygens (including phenoxy) is 1. The molecule has 0 aromatic heterocycles. The first-order chi connectivity index (χ1) is 8.67. The fraction of sp³-hybridized carbons (Fsp3) is 0.533. The normalized spacial score (nSPS) is 27.5. The minimum atomic E-state index is -0.0303. The van der Waals surface area contributed by atoms with E-state index in [4.69, 9.17) is 10.00 Å². The van der Waals surface area contributed by atoms with Crippen molar-refractivity contribution in [1.82, 2.24) is 0 Å². The molecule has 1 aliphatic rings. The SMILES string of the molecule is CCC1(C)CC(Nc2ccccc2C#N)CCO1. The van der Waals surface area contributed by atoms with Gasteiger partial charge in [-0.1, -0.05) is 19.1 Å². The Labute approximate surface area is 109 Å². The number of nitriles is 1. The van der Waals surface area contributed by atoms with Gasteiger partial charge in [-0.25, -0.2) is 0 Å². The molecule has 1 aromatic rings. The lowest BCUT2D eigenvalue weighted by molar-refractivity contribution is -0.0708. The summed E-state index contributed by atoms with van der Waals surface area (Å²) in [6.07, 6.45) is 3.00.